The lowest BCUT2D eigenvalue weighted by Gasteiger charge is -2.19. The average molecular weight is 493 g/mol. The zero-order valence-electron chi connectivity index (χ0n) is 18.8. The highest BCUT2D eigenvalue weighted by molar-refractivity contribution is 8.26. The molecule has 9 heteroatoms. The molecule has 2 aliphatic heterocycles. The Morgan fingerprint density at radius 1 is 1.12 bits per heavy atom. The predicted octanol–water partition coefficient (Wildman–Crippen LogP) is 3.75. The molecule has 2 aliphatic rings. The molecule has 0 saturated carbocycles. The summed E-state index contributed by atoms with van der Waals surface area (Å²) in [5.74, 6) is 1.26. The number of nitrogens with zero attached hydrogens (tertiary/aromatic N) is 4. The number of rotatable bonds is 6. The van der Waals surface area contributed by atoms with E-state index in [0.29, 0.717) is 39.2 Å². The van der Waals surface area contributed by atoms with E-state index in [1.807, 2.05) is 36.4 Å². The maximum Gasteiger partial charge on any atom is 0.267 e. The Morgan fingerprint density at radius 2 is 1.88 bits per heavy atom. The monoisotopic (exact) mass is 492 g/mol. The van der Waals surface area contributed by atoms with Crippen LogP contribution in [0.5, 0.6) is 5.75 Å². The maximum atomic E-state index is 13.4. The second-order valence-corrected chi connectivity index (χ2v) is 9.88. The van der Waals surface area contributed by atoms with Crippen molar-refractivity contribution in [1.82, 2.24) is 14.3 Å². The van der Waals surface area contributed by atoms with Crippen LogP contribution >= 0.6 is 24.0 Å². The van der Waals surface area contributed by atoms with Gasteiger partial charge in [-0.05, 0) is 55.2 Å². The fourth-order valence-electron chi connectivity index (χ4n) is 4.24. The molecule has 4 heterocycles. The van der Waals surface area contributed by atoms with E-state index in [1.165, 1.54) is 16.2 Å². The number of thiocarbonyl (C=S) groups is 1. The number of pyridine rings is 1. The Morgan fingerprint density at radius 3 is 2.62 bits per heavy atom. The van der Waals surface area contributed by atoms with Crippen LogP contribution in [0.4, 0.5) is 5.82 Å². The first-order valence-corrected chi connectivity index (χ1v) is 12.4. The van der Waals surface area contributed by atoms with Crippen molar-refractivity contribution >= 4 is 51.7 Å². The number of fused-ring (bicyclic) bond motifs is 1. The molecule has 0 atom stereocenters. The van der Waals surface area contributed by atoms with Crippen molar-refractivity contribution in [2.45, 2.75) is 19.3 Å². The van der Waals surface area contributed by atoms with E-state index in [4.69, 9.17) is 21.9 Å². The fourth-order valence-corrected chi connectivity index (χ4v) is 5.53. The smallest absolute Gasteiger partial charge is 0.267 e. The third-order valence-electron chi connectivity index (χ3n) is 6.09. The molecular formula is C25H24N4O3S2. The van der Waals surface area contributed by atoms with Gasteiger partial charge in [-0.2, -0.15) is 0 Å². The van der Waals surface area contributed by atoms with Gasteiger partial charge in [-0.15, -0.1) is 0 Å². The number of anilines is 1. The van der Waals surface area contributed by atoms with Crippen LogP contribution < -0.4 is 15.2 Å². The predicted molar refractivity (Wildman–Crippen MR) is 139 cm³/mol. The van der Waals surface area contributed by atoms with Gasteiger partial charge in [0.2, 0.25) is 0 Å². The number of carbonyl (C=O) groups excluding carboxylic acids is 1. The summed E-state index contributed by atoms with van der Waals surface area (Å²) < 4.78 is 7.23. The molecule has 174 valence electrons. The zero-order chi connectivity index (χ0) is 23.7. The second kappa shape index (κ2) is 9.60. The second-order valence-electron chi connectivity index (χ2n) is 8.21. The highest BCUT2D eigenvalue weighted by Gasteiger charge is 2.33. The number of hydrogen-bond acceptors (Lipinski definition) is 7. The summed E-state index contributed by atoms with van der Waals surface area (Å²) in [6.07, 6.45) is 6.17. The Labute approximate surface area is 207 Å². The molecule has 0 radical (unpaired) electrons. The van der Waals surface area contributed by atoms with E-state index in [0.717, 1.165) is 37.2 Å². The molecule has 34 heavy (non-hydrogen) atoms. The highest BCUT2D eigenvalue weighted by Crippen LogP contribution is 2.34. The number of benzene rings is 1. The van der Waals surface area contributed by atoms with Crippen LogP contribution in [0.1, 0.15) is 24.0 Å². The molecule has 2 saturated heterocycles. The number of hydrogen-bond donors (Lipinski definition) is 0. The Bertz CT molecular complexity index is 1340. The van der Waals surface area contributed by atoms with Gasteiger partial charge in [0.25, 0.3) is 11.5 Å². The van der Waals surface area contributed by atoms with Gasteiger partial charge in [-0.1, -0.05) is 42.2 Å². The van der Waals surface area contributed by atoms with Gasteiger partial charge in [0.05, 0.1) is 17.6 Å². The largest absolute Gasteiger partial charge is 0.497 e. The first-order chi connectivity index (χ1) is 16.5. The lowest BCUT2D eigenvalue weighted by Crippen LogP contribution is -2.30. The van der Waals surface area contributed by atoms with Gasteiger partial charge in [0.15, 0.2) is 0 Å². The van der Waals surface area contributed by atoms with E-state index >= 15 is 0 Å². The number of thioether (sulfide) groups is 1. The molecule has 2 aromatic heterocycles. The lowest BCUT2D eigenvalue weighted by molar-refractivity contribution is -0.122. The van der Waals surface area contributed by atoms with Crippen molar-refractivity contribution in [3.8, 4) is 5.75 Å². The Kier molecular flexibility index (Phi) is 6.38. The molecule has 3 aromatic rings. The molecule has 5 rings (SSSR count). The minimum atomic E-state index is -0.184. The van der Waals surface area contributed by atoms with Crippen LogP contribution in [0.25, 0.3) is 11.7 Å². The quantitative estimate of drug-likeness (QED) is 0.384. The van der Waals surface area contributed by atoms with Crippen LogP contribution in [-0.4, -0.2) is 51.3 Å². The number of aromatic nitrogens is 2. The van der Waals surface area contributed by atoms with Gasteiger partial charge < -0.3 is 9.64 Å². The summed E-state index contributed by atoms with van der Waals surface area (Å²) in [6, 6.07) is 13.3. The van der Waals surface area contributed by atoms with Gasteiger partial charge >= 0.3 is 0 Å². The molecule has 0 unspecified atom stereocenters. The first kappa shape index (κ1) is 22.6. The van der Waals surface area contributed by atoms with Crippen LogP contribution in [-0.2, 0) is 11.2 Å². The van der Waals surface area contributed by atoms with Crippen LogP contribution in [0, 0.1) is 0 Å². The average Bonchev–Trinajstić information content (AvgIpc) is 3.48. The van der Waals surface area contributed by atoms with Gasteiger partial charge in [0.1, 0.15) is 21.5 Å². The van der Waals surface area contributed by atoms with Crippen LogP contribution in [0.2, 0.25) is 0 Å². The Hall–Kier alpha value is -3.17. The summed E-state index contributed by atoms with van der Waals surface area (Å²) in [4.78, 5) is 35.6. The third-order valence-corrected chi connectivity index (χ3v) is 7.46. The lowest BCUT2D eigenvalue weighted by atomic mass is 10.1. The van der Waals surface area contributed by atoms with Crippen molar-refractivity contribution < 1.29 is 9.53 Å². The molecule has 0 bridgehead atoms. The van der Waals surface area contributed by atoms with Gasteiger partial charge in [0, 0.05) is 25.8 Å². The Balaban J connectivity index is 1.45. The van der Waals surface area contributed by atoms with Crippen LogP contribution in [0.3, 0.4) is 0 Å². The number of carbonyl (C=O) groups is 1. The van der Waals surface area contributed by atoms with Gasteiger partial charge in [-0.25, -0.2) is 4.98 Å². The standard InChI is InChI=1S/C25H24N4O3S2/c1-32-18-9-7-17(8-10-18)11-15-29-24(31)20(34-25(29)33)16-19-22(27-12-4-5-13-27)26-21-6-2-3-14-28(21)23(19)30/h2-3,6-10,14,16H,4-5,11-13,15H2,1H3/b20-16-. The van der Waals surface area contributed by atoms with E-state index in [9.17, 15) is 9.59 Å². The number of ether oxygens (including phenoxy) is 1. The zero-order valence-corrected chi connectivity index (χ0v) is 20.4. The molecule has 0 aliphatic carbocycles. The van der Waals surface area contributed by atoms with Crippen LogP contribution in [0.15, 0.2) is 58.4 Å². The molecule has 0 N–H and O–H groups in total. The van der Waals surface area contributed by atoms with E-state index in [1.54, 1.807) is 30.3 Å². The van der Waals surface area contributed by atoms with Crippen molar-refractivity contribution in [2.24, 2.45) is 0 Å². The van der Waals surface area contributed by atoms with E-state index in [-0.39, 0.29) is 11.5 Å². The SMILES string of the molecule is COc1ccc(CCN2C(=O)/C(=C/c3c(N4CCCC4)nc4ccccn4c3=O)SC2=S)cc1. The van der Waals surface area contributed by atoms with Crippen molar-refractivity contribution in [2.75, 3.05) is 31.6 Å². The van der Waals surface area contributed by atoms with Crippen molar-refractivity contribution in [3.05, 3.63) is 75.0 Å². The summed E-state index contributed by atoms with van der Waals surface area (Å²) >= 11 is 6.75. The normalized spacial score (nSPS) is 17.4. The minimum Gasteiger partial charge on any atom is -0.497 e. The molecule has 2 fully saturated rings. The van der Waals surface area contributed by atoms with Crippen molar-refractivity contribution in [3.63, 3.8) is 0 Å². The summed E-state index contributed by atoms with van der Waals surface area (Å²) in [6.45, 7) is 2.17. The maximum absolute atomic E-state index is 13.4. The number of methoxy groups -OCH3 is 1. The first-order valence-electron chi connectivity index (χ1n) is 11.2. The minimum absolute atomic E-state index is 0.173. The summed E-state index contributed by atoms with van der Waals surface area (Å²) in [5, 5.41) is 0. The molecular weight excluding hydrogens is 468 g/mol. The summed E-state index contributed by atoms with van der Waals surface area (Å²) in [5.41, 5.74) is 1.93. The highest BCUT2D eigenvalue weighted by atomic mass is 32.2. The fraction of sp³-hybridized carbons (Fsp3) is 0.280. The number of amides is 1. The molecule has 7 nitrogen and oxygen atoms in total. The molecule has 0 spiro atoms. The third kappa shape index (κ3) is 4.33. The molecule has 1 aromatic carbocycles. The summed E-state index contributed by atoms with van der Waals surface area (Å²) in [7, 11) is 1.63. The van der Waals surface area contributed by atoms with E-state index in [2.05, 4.69) is 4.90 Å². The molecule has 1 amide bonds. The van der Waals surface area contributed by atoms with Gasteiger partial charge in [-0.3, -0.25) is 18.9 Å². The topological polar surface area (TPSA) is 67.2 Å². The van der Waals surface area contributed by atoms with E-state index < -0.39 is 0 Å². The van der Waals surface area contributed by atoms with Crippen molar-refractivity contribution in [1.29, 1.82) is 0 Å².